The third-order valence-electron chi connectivity index (χ3n) is 4.55. The number of amides is 1. The lowest BCUT2D eigenvalue weighted by Crippen LogP contribution is -2.50. The smallest absolute Gasteiger partial charge is 0.230 e. The molecule has 0 saturated carbocycles. The van der Waals surface area contributed by atoms with Gasteiger partial charge in [-0.05, 0) is 31.9 Å². The van der Waals surface area contributed by atoms with Gasteiger partial charge in [0.25, 0.3) is 0 Å². The van der Waals surface area contributed by atoms with E-state index in [1.165, 1.54) is 0 Å². The van der Waals surface area contributed by atoms with Gasteiger partial charge in [0.1, 0.15) is 5.75 Å². The number of ether oxygens (including phenoxy) is 1. The van der Waals surface area contributed by atoms with Crippen LogP contribution in [-0.2, 0) is 11.3 Å². The molecule has 1 aliphatic heterocycles. The highest BCUT2D eigenvalue weighted by atomic mass is 16.5. The van der Waals surface area contributed by atoms with Gasteiger partial charge in [-0.2, -0.15) is 0 Å². The van der Waals surface area contributed by atoms with E-state index in [0.717, 1.165) is 43.7 Å². The number of methoxy groups -OCH3 is 1. The summed E-state index contributed by atoms with van der Waals surface area (Å²) in [6, 6.07) is 7.88. The maximum absolute atomic E-state index is 12.9. The Kier molecular flexibility index (Phi) is 5.23. The Labute approximate surface area is 127 Å². The zero-order valence-corrected chi connectivity index (χ0v) is 13.3. The summed E-state index contributed by atoms with van der Waals surface area (Å²) in [5, 5.41) is 3.38. The van der Waals surface area contributed by atoms with Crippen molar-refractivity contribution in [3.05, 3.63) is 29.8 Å². The maximum atomic E-state index is 12.9. The molecule has 1 heterocycles. The molecular weight excluding hydrogens is 264 g/mol. The highest BCUT2D eigenvalue weighted by Crippen LogP contribution is 2.33. The Bertz CT molecular complexity index is 481. The summed E-state index contributed by atoms with van der Waals surface area (Å²) in [6.45, 7) is 4.51. The van der Waals surface area contributed by atoms with E-state index in [1.807, 2.05) is 36.2 Å². The number of piperidine rings is 1. The lowest BCUT2D eigenvalue weighted by molar-refractivity contribution is -0.142. The van der Waals surface area contributed by atoms with E-state index in [-0.39, 0.29) is 11.3 Å². The molecule has 116 valence electrons. The molecule has 1 unspecified atom stereocenters. The molecule has 1 aliphatic rings. The van der Waals surface area contributed by atoms with Crippen LogP contribution in [0.25, 0.3) is 0 Å². The highest BCUT2D eigenvalue weighted by molar-refractivity contribution is 5.83. The number of para-hydroxylation sites is 1. The summed E-state index contributed by atoms with van der Waals surface area (Å²) >= 11 is 0. The Morgan fingerprint density at radius 2 is 2.19 bits per heavy atom. The number of rotatable bonds is 5. The van der Waals surface area contributed by atoms with E-state index in [1.54, 1.807) is 7.11 Å². The molecule has 1 N–H and O–H groups in total. The Morgan fingerprint density at radius 1 is 1.43 bits per heavy atom. The van der Waals surface area contributed by atoms with Gasteiger partial charge in [-0.1, -0.05) is 25.1 Å². The van der Waals surface area contributed by atoms with Gasteiger partial charge in [0.05, 0.1) is 12.5 Å². The topological polar surface area (TPSA) is 41.6 Å². The fraction of sp³-hybridized carbons (Fsp3) is 0.588. The van der Waals surface area contributed by atoms with Crippen molar-refractivity contribution < 1.29 is 9.53 Å². The van der Waals surface area contributed by atoms with Crippen LogP contribution in [0.4, 0.5) is 0 Å². The Balaban J connectivity index is 2.11. The van der Waals surface area contributed by atoms with Crippen LogP contribution >= 0.6 is 0 Å². The number of benzene rings is 1. The van der Waals surface area contributed by atoms with Crippen LogP contribution in [0.15, 0.2) is 24.3 Å². The van der Waals surface area contributed by atoms with E-state index >= 15 is 0 Å². The molecule has 1 aromatic carbocycles. The van der Waals surface area contributed by atoms with Crippen molar-refractivity contribution in [2.45, 2.75) is 32.7 Å². The predicted molar refractivity (Wildman–Crippen MR) is 84.3 cm³/mol. The molecule has 4 nitrogen and oxygen atoms in total. The number of nitrogens with one attached hydrogen (secondary N) is 1. The quantitative estimate of drug-likeness (QED) is 0.905. The summed E-state index contributed by atoms with van der Waals surface area (Å²) < 4.78 is 5.37. The molecule has 1 atom stereocenters. The molecular formula is C17H26N2O2. The first kappa shape index (κ1) is 15.8. The summed E-state index contributed by atoms with van der Waals surface area (Å²) in [5.41, 5.74) is 0.806. The molecule has 1 aromatic rings. The Morgan fingerprint density at radius 3 is 2.81 bits per heavy atom. The van der Waals surface area contributed by atoms with E-state index < -0.39 is 0 Å². The zero-order chi connectivity index (χ0) is 15.3. The van der Waals surface area contributed by atoms with Gasteiger partial charge < -0.3 is 15.0 Å². The molecule has 0 aromatic heterocycles. The summed E-state index contributed by atoms with van der Waals surface area (Å²) in [5.74, 6) is 1.08. The van der Waals surface area contributed by atoms with Crippen molar-refractivity contribution in [1.82, 2.24) is 10.2 Å². The molecule has 0 bridgehead atoms. The number of hydrogen-bond donors (Lipinski definition) is 1. The number of nitrogens with zero attached hydrogens (tertiary/aromatic N) is 1. The highest BCUT2D eigenvalue weighted by Gasteiger charge is 2.39. The first-order chi connectivity index (χ1) is 10.1. The molecule has 2 rings (SSSR count). The molecule has 1 saturated heterocycles. The van der Waals surface area contributed by atoms with E-state index in [2.05, 4.69) is 12.2 Å². The van der Waals surface area contributed by atoms with Crippen molar-refractivity contribution >= 4 is 5.91 Å². The molecule has 0 aliphatic carbocycles. The fourth-order valence-electron chi connectivity index (χ4n) is 3.17. The van der Waals surface area contributed by atoms with Gasteiger partial charge in [-0.3, -0.25) is 4.79 Å². The molecule has 0 radical (unpaired) electrons. The first-order valence-electron chi connectivity index (χ1n) is 7.71. The third-order valence-corrected chi connectivity index (χ3v) is 4.55. The SMILES string of the molecule is CCC1(C(=O)N(C)Cc2ccccc2OC)CCCNC1. The van der Waals surface area contributed by atoms with E-state index in [0.29, 0.717) is 6.54 Å². The normalized spacial score (nSPS) is 21.9. The second-order valence-electron chi connectivity index (χ2n) is 5.89. The van der Waals surface area contributed by atoms with Gasteiger partial charge in [-0.15, -0.1) is 0 Å². The summed E-state index contributed by atoms with van der Waals surface area (Å²) in [6.07, 6.45) is 2.93. The molecule has 21 heavy (non-hydrogen) atoms. The number of carbonyl (C=O) groups is 1. The predicted octanol–water partition coefficient (Wildman–Crippen LogP) is 2.43. The lowest BCUT2D eigenvalue weighted by atomic mass is 9.77. The van der Waals surface area contributed by atoms with E-state index in [9.17, 15) is 4.79 Å². The van der Waals surface area contributed by atoms with Crippen LogP contribution in [0, 0.1) is 5.41 Å². The van der Waals surface area contributed by atoms with Gasteiger partial charge in [0.15, 0.2) is 0 Å². The average molecular weight is 290 g/mol. The van der Waals surface area contributed by atoms with Crippen LogP contribution in [-0.4, -0.2) is 38.1 Å². The molecule has 0 spiro atoms. The lowest BCUT2D eigenvalue weighted by Gasteiger charge is -2.38. The summed E-state index contributed by atoms with van der Waals surface area (Å²) in [4.78, 5) is 14.7. The zero-order valence-electron chi connectivity index (χ0n) is 13.3. The molecule has 1 fully saturated rings. The fourth-order valence-corrected chi connectivity index (χ4v) is 3.17. The van der Waals surface area contributed by atoms with Crippen LogP contribution in [0.1, 0.15) is 31.7 Å². The average Bonchev–Trinajstić information content (AvgIpc) is 2.55. The largest absolute Gasteiger partial charge is 0.496 e. The van der Waals surface area contributed by atoms with Crippen LogP contribution < -0.4 is 10.1 Å². The van der Waals surface area contributed by atoms with Gasteiger partial charge >= 0.3 is 0 Å². The minimum absolute atomic E-state index is 0.239. The third kappa shape index (κ3) is 3.38. The van der Waals surface area contributed by atoms with Crippen LogP contribution in [0.3, 0.4) is 0 Å². The molecule has 1 amide bonds. The second kappa shape index (κ2) is 6.94. The first-order valence-corrected chi connectivity index (χ1v) is 7.71. The van der Waals surface area contributed by atoms with Gasteiger partial charge in [0.2, 0.25) is 5.91 Å². The van der Waals surface area contributed by atoms with Crippen molar-refractivity contribution in [1.29, 1.82) is 0 Å². The Hall–Kier alpha value is -1.55. The van der Waals surface area contributed by atoms with Crippen LogP contribution in [0.5, 0.6) is 5.75 Å². The minimum Gasteiger partial charge on any atom is -0.496 e. The van der Waals surface area contributed by atoms with Crippen molar-refractivity contribution in [2.75, 3.05) is 27.2 Å². The van der Waals surface area contributed by atoms with Crippen molar-refractivity contribution in [2.24, 2.45) is 5.41 Å². The van der Waals surface area contributed by atoms with Gasteiger partial charge in [0, 0.05) is 25.7 Å². The summed E-state index contributed by atoms with van der Waals surface area (Å²) in [7, 11) is 3.56. The monoisotopic (exact) mass is 290 g/mol. The van der Waals surface area contributed by atoms with Crippen molar-refractivity contribution in [3.8, 4) is 5.75 Å². The van der Waals surface area contributed by atoms with Crippen LogP contribution in [0.2, 0.25) is 0 Å². The molecule has 4 heteroatoms. The van der Waals surface area contributed by atoms with E-state index in [4.69, 9.17) is 4.74 Å². The van der Waals surface area contributed by atoms with Crippen molar-refractivity contribution in [3.63, 3.8) is 0 Å². The number of carbonyl (C=O) groups excluding carboxylic acids is 1. The standard InChI is InChI=1S/C17H26N2O2/c1-4-17(10-7-11-18-13-17)16(20)19(2)12-14-8-5-6-9-15(14)21-3/h5-6,8-9,18H,4,7,10-13H2,1-3H3. The number of hydrogen-bond acceptors (Lipinski definition) is 3. The second-order valence-corrected chi connectivity index (χ2v) is 5.89. The minimum atomic E-state index is -0.241. The maximum Gasteiger partial charge on any atom is 0.230 e. The van der Waals surface area contributed by atoms with Gasteiger partial charge in [-0.25, -0.2) is 0 Å².